The van der Waals surface area contributed by atoms with Crippen LogP contribution in [0.1, 0.15) is 18.9 Å². The van der Waals surface area contributed by atoms with Crippen LogP contribution in [0.25, 0.3) is 0 Å². The van der Waals surface area contributed by atoms with Crippen molar-refractivity contribution in [1.29, 1.82) is 0 Å². The van der Waals surface area contributed by atoms with Crippen LogP contribution in [-0.4, -0.2) is 27.5 Å². The molecule has 0 amide bonds. The molecule has 0 saturated heterocycles. The van der Waals surface area contributed by atoms with Gasteiger partial charge in [0.1, 0.15) is 6.04 Å². The number of hydrogen-bond acceptors (Lipinski definition) is 4. The molecule has 1 rings (SSSR count). The lowest BCUT2D eigenvalue weighted by atomic mass is 10.2. The second kappa shape index (κ2) is 5.97. The maximum Gasteiger partial charge on any atom is 0.323 e. The smallest absolute Gasteiger partial charge is 0.323 e. The number of benzene rings is 1. The van der Waals surface area contributed by atoms with Crippen molar-refractivity contribution in [3.8, 4) is 0 Å². The largest absolute Gasteiger partial charge is 0.468 e. The monoisotopic (exact) mass is 271 g/mol. The maximum atomic E-state index is 12.0. The number of carbonyl (C=O) groups excluding carboxylic acids is 1. The fraction of sp³-hybridized carbons (Fsp3) is 0.417. The zero-order chi connectivity index (χ0) is 13.8. The Kier molecular flexibility index (Phi) is 4.86. The van der Waals surface area contributed by atoms with Gasteiger partial charge in [-0.15, -0.1) is 0 Å². The number of nitrogens with one attached hydrogen (secondary N) is 1. The van der Waals surface area contributed by atoms with Crippen molar-refractivity contribution < 1.29 is 17.9 Å². The third-order valence-corrected chi connectivity index (χ3v) is 4.01. The highest BCUT2D eigenvalue weighted by molar-refractivity contribution is 7.89. The molecule has 1 atom stereocenters. The predicted octanol–water partition coefficient (Wildman–Crippen LogP) is 1.22. The first-order chi connectivity index (χ1) is 8.40. The van der Waals surface area contributed by atoms with Gasteiger partial charge in [0.25, 0.3) is 0 Å². The number of ether oxygens (including phenoxy) is 1. The summed E-state index contributed by atoms with van der Waals surface area (Å²) in [5, 5.41) is 0. The van der Waals surface area contributed by atoms with Gasteiger partial charge < -0.3 is 4.74 Å². The molecule has 1 N–H and O–H groups in total. The summed E-state index contributed by atoms with van der Waals surface area (Å²) >= 11 is 0. The van der Waals surface area contributed by atoms with Crippen molar-refractivity contribution >= 4 is 16.0 Å². The molecular formula is C12H17NO4S. The first-order valence-electron chi connectivity index (χ1n) is 5.57. The van der Waals surface area contributed by atoms with Crippen molar-refractivity contribution in [1.82, 2.24) is 4.72 Å². The summed E-state index contributed by atoms with van der Waals surface area (Å²) in [7, 11) is -2.47. The molecule has 0 aliphatic carbocycles. The third kappa shape index (κ3) is 3.54. The summed E-state index contributed by atoms with van der Waals surface area (Å²) in [6.45, 7) is 3.58. The Morgan fingerprint density at radius 1 is 1.33 bits per heavy atom. The number of sulfonamides is 1. The first-order valence-corrected chi connectivity index (χ1v) is 7.06. The summed E-state index contributed by atoms with van der Waals surface area (Å²) < 4.78 is 30.9. The van der Waals surface area contributed by atoms with Gasteiger partial charge in [-0.25, -0.2) is 8.42 Å². The topological polar surface area (TPSA) is 72.5 Å². The van der Waals surface area contributed by atoms with Gasteiger partial charge in [-0.3, -0.25) is 4.79 Å². The number of carbonyl (C=O) groups is 1. The lowest BCUT2D eigenvalue weighted by Gasteiger charge is -2.14. The molecule has 0 heterocycles. The molecule has 5 nitrogen and oxygen atoms in total. The van der Waals surface area contributed by atoms with Crippen LogP contribution in [0, 0.1) is 6.92 Å². The van der Waals surface area contributed by atoms with E-state index >= 15 is 0 Å². The van der Waals surface area contributed by atoms with E-state index in [0.717, 1.165) is 5.56 Å². The summed E-state index contributed by atoms with van der Waals surface area (Å²) in [5.74, 6) is -0.590. The standard InChI is InChI=1S/C12H17NO4S/c1-4-11(12(14)17-3)13-18(15,16)10-7-5-9(2)6-8-10/h5-8,11,13H,4H2,1-3H3. The fourth-order valence-electron chi connectivity index (χ4n) is 1.41. The third-order valence-electron chi connectivity index (χ3n) is 2.52. The van der Waals surface area contributed by atoms with E-state index in [1.165, 1.54) is 19.2 Å². The minimum Gasteiger partial charge on any atom is -0.468 e. The SMILES string of the molecule is CCC(NS(=O)(=O)c1ccc(C)cc1)C(=O)OC. The average Bonchev–Trinajstić information content (AvgIpc) is 2.35. The minimum atomic E-state index is -3.69. The molecule has 0 radical (unpaired) electrons. The van der Waals surface area contributed by atoms with Crippen LogP contribution in [0.5, 0.6) is 0 Å². The highest BCUT2D eigenvalue weighted by atomic mass is 32.2. The van der Waals surface area contributed by atoms with E-state index < -0.39 is 22.0 Å². The summed E-state index contributed by atoms with van der Waals surface area (Å²) in [6.07, 6.45) is 0.331. The number of aryl methyl sites for hydroxylation is 1. The second-order valence-corrected chi connectivity index (χ2v) is 5.63. The quantitative estimate of drug-likeness (QED) is 0.817. The van der Waals surface area contributed by atoms with E-state index in [1.54, 1.807) is 19.1 Å². The van der Waals surface area contributed by atoms with Gasteiger partial charge in [0, 0.05) is 0 Å². The molecule has 0 spiro atoms. The average molecular weight is 271 g/mol. The van der Waals surface area contributed by atoms with Crippen LogP contribution < -0.4 is 4.72 Å². The Bertz CT molecular complexity index is 507. The number of hydrogen-bond donors (Lipinski definition) is 1. The molecule has 0 aromatic heterocycles. The van der Waals surface area contributed by atoms with Crippen molar-refractivity contribution in [2.24, 2.45) is 0 Å². The van der Waals surface area contributed by atoms with E-state index in [1.807, 2.05) is 6.92 Å². The molecule has 6 heteroatoms. The zero-order valence-electron chi connectivity index (χ0n) is 10.6. The van der Waals surface area contributed by atoms with Crippen LogP contribution in [0.15, 0.2) is 29.2 Å². The van der Waals surface area contributed by atoms with E-state index in [4.69, 9.17) is 0 Å². The molecular weight excluding hydrogens is 254 g/mol. The highest BCUT2D eigenvalue weighted by Gasteiger charge is 2.24. The summed E-state index contributed by atoms with van der Waals surface area (Å²) in [6, 6.07) is 5.55. The van der Waals surface area contributed by atoms with Gasteiger partial charge in [-0.1, -0.05) is 24.6 Å². The molecule has 1 aromatic carbocycles. The molecule has 100 valence electrons. The Morgan fingerprint density at radius 3 is 2.33 bits per heavy atom. The van der Waals surface area contributed by atoms with E-state index in [-0.39, 0.29) is 4.90 Å². The Morgan fingerprint density at radius 2 is 1.89 bits per heavy atom. The Hall–Kier alpha value is -1.40. The molecule has 1 unspecified atom stereocenters. The molecule has 0 fully saturated rings. The molecule has 0 saturated carbocycles. The number of methoxy groups -OCH3 is 1. The Labute approximate surface area is 107 Å². The molecule has 0 bridgehead atoms. The van der Waals surface area contributed by atoms with Gasteiger partial charge >= 0.3 is 5.97 Å². The van der Waals surface area contributed by atoms with Crippen molar-refractivity contribution in [3.63, 3.8) is 0 Å². The first kappa shape index (κ1) is 14.7. The number of esters is 1. The summed E-state index contributed by atoms with van der Waals surface area (Å²) in [5.41, 5.74) is 0.967. The van der Waals surface area contributed by atoms with Crippen LogP contribution in [-0.2, 0) is 19.6 Å². The van der Waals surface area contributed by atoms with Gasteiger partial charge in [-0.2, -0.15) is 4.72 Å². The van der Waals surface area contributed by atoms with E-state index in [9.17, 15) is 13.2 Å². The lowest BCUT2D eigenvalue weighted by Crippen LogP contribution is -2.40. The van der Waals surface area contributed by atoms with Crippen LogP contribution >= 0.6 is 0 Å². The maximum absolute atomic E-state index is 12.0. The van der Waals surface area contributed by atoms with Gasteiger partial charge in [-0.05, 0) is 25.5 Å². The van der Waals surface area contributed by atoms with Crippen LogP contribution in [0.3, 0.4) is 0 Å². The predicted molar refractivity (Wildman–Crippen MR) is 67.6 cm³/mol. The fourth-order valence-corrected chi connectivity index (χ4v) is 2.68. The highest BCUT2D eigenvalue weighted by Crippen LogP contribution is 2.11. The minimum absolute atomic E-state index is 0.135. The van der Waals surface area contributed by atoms with E-state index in [2.05, 4.69) is 9.46 Å². The lowest BCUT2D eigenvalue weighted by molar-refractivity contribution is -0.142. The molecule has 0 aliphatic heterocycles. The van der Waals surface area contributed by atoms with Crippen molar-refractivity contribution in [3.05, 3.63) is 29.8 Å². The number of rotatable bonds is 5. The second-order valence-electron chi connectivity index (χ2n) is 3.92. The molecule has 0 aliphatic rings. The van der Waals surface area contributed by atoms with Crippen LogP contribution in [0.2, 0.25) is 0 Å². The summed E-state index contributed by atoms with van der Waals surface area (Å²) in [4.78, 5) is 11.5. The van der Waals surface area contributed by atoms with Gasteiger partial charge in [0.15, 0.2) is 0 Å². The normalized spacial score (nSPS) is 13.1. The van der Waals surface area contributed by atoms with Crippen LogP contribution in [0.4, 0.5) is 0 Å². The van der Waals surface area contributed by atoms with E-state index in [0.29, 0.717) is 6.42 Å². The Balaban J connectivity index is 2.94. The van der Waals surface area contributed by atoms with Gasteiger partial charge in [0.2, 0.25) is 10.0 Å². The molecule has 1 aromatic rings. The zero-order valence-corrected chi connectivity index (χ0v) is 11.5. The van der Waals surface area contributed by atoms with Crippen molar-refractivity contribution in [2.75, 3.05) is 7.11 Å². The van der Waals surface area contributed by atoms with Gasteiger partial charge in [0.05, 0.1) is 12.0 Å². The van der Waals surface area contributed by atoms with Crippen molar-refractivity contribution in [2.45, 2.75) is 31.2 Å². The molecule has 18 heavy (non-hydrogen) atoms.